The van der Waals surface area contributed by atoms with E-state index in [1.54, 1.807) is 47.6 Å². The number of carbonyl (C=O) groups excluding carboxylic acids is 1. The molecule has 0 saturated carbocycles. The van der Waals surface area contributed by atoms with Crippen molar-refractivity contribution in [1.29, 1.82) is 0 Å². The van der Waals surface area contributed by atoms with E-state index in [2.05, 4.69) is 9.97 Å². The number of hydrogen-bond acceptors (Lipinski definition) is 4. The molecule has 102 valence electrons. The van der Waals surface area contributed by atoms with Crippen LogP contribution in [-0.2, 0) is 0 Å². The molecule has 20 heavy (non-hydrogen) atoms. The van der Waals surface area contributed by atoms with E-state index in [9.17, 15) is 4.79 Å². The summed E-state index contributed by atoms with van der Waals surface area (Å²) in [6.07, 6.45) is 3.15. The Morgan fingerprint density at radius 2 is 2.00 bits per heavy atom. The van der Waals surface area contributed by atoms with Crippen LogP contribution in [0.5, 0.6) is 5.88 Å². The number of halogens is 1. The lowest BCUT2D eigenvalue weighted by Crippen LogP contribution is -2.56. The van der Waals surface area contributed by atoms with Crippen LogP contribution in [-0.4, -0.2) is 40.0 Å². The first-order valence-electron chi connectivity index (χ1n) is 6.21. The number of aromatic nitrogens is 2. The molecule has 2 aromatic heterocycles. The second-order valence-corrected chi connectivity index (χ2v) is 4.86. The Balaban J connectivity index is 1.57. The highest BCUT2D eigenvalue weighted by Crippen LogP contribution is 2.24. The smallest absolute Gasteiger partial charge is 0.272 e. The number of likely N-dealkylation sites (tertiary alicyclic amines) is 1. The van der Waals surface area contributed by atoms with E-state index in [-0.39, 0.29) is 12.0 Å². The summed E-state index contributed by atoms with van der Waals surface area (Å²) in [7, 11) is 0. The number of hydrogen-bond donors (Lipinski definition) is 0. The van der Waals surface area contributed by atoms with Crippen LogP contribution in [0.4, 0.5) is 0 Å². The Hall–Kier alpha value is -2.14. The van der Waals surface area contributed by atoms with Crippen molar-refractivity contribution in [2.45, 2.75) is 6.10 Å². The van der Waals surface area contributed by atoms with Crippen LogP contribution >= 0.6 is 11.6 Å². The van der Waals surface area contributed by atoms with Gasteiger partial charge in [0.1, 0.15) is 16.8 Å². The Kier molecular flexibility index (Phi) is 3.52. The molecule has 0 radical (unpaired) electrons. The molecule has 0 unspecified atom stereocenters. The van der Waals surface area contributed by atoms with E-state index in [4.69, 9.17) is 16.3 Å². The molecule has 0 bridgehead atoms. The van der Waals surface area contributed by atoms with Gasteiger partial charge in [-0.1, -0.05) is 17.7 Å². The van der Waals surface area contributed by atoms with Gasteiger partial charge in [-0.05, 0) is 24.3 Å². The average molecular weight is 290 g/mol. The maximum atomic E-state index is 12.1. The van der Waals surface area contributed by atoms with Crippen LogP contribution in [0, 0.1) is 0 Å². The fraction of sp³-hybridized carbons (Fsp3) is 0.214. The monoisotopic (exact) mass is 289 g/mol. The molecule has 1 aliphatic heterocycles. The standard InChI is InChI=1S/C14H12ClN3O2/c15-11-4-3-7-17-13(11)20-10-8-18(9-10)14(19)12-5-1-2-6-16-12/h1-7,10H,8-9H2. The van der Waals surface area contributed by atoms with Crippen LogP contribution in [0.15, 0.2) is 42.7 Å². The van der Waals surface area contributed by atoms with Crippen molar-refractivity contribution in [2.75, 3.05) is 13.1 Å². The lowest BCUT2D eigenvalue weighted by atomic mass is 10.1. The number of rotatable bonds is 3. The summed E-state index contributed by atoms with van der Waals surface area (Å²) in [4.78, 5) is 21.8. The van der Waals surface area contributed by atoms with Crippen LogP contribution < -0.4 is 4.74 Å². The minimum Gasteiger partial charge on any atom is -0.470 e. The average Bonchev–Trinajstić information content (AvgIpc) is 2.44. The summed E-state index contributed by atoms with van der Waals surface area (Å²) < 4.78 is 5.64. The van der Waals surface area contributed by atoms with E-state index < -0.39 is 0 Å². The molecule has 6 heteroatoms. The first kappa shape index (κ1) is 12.9. The van der Waals surface area contributed by atoms with Crippen molar-refractivity contribution in [2.24, 2.45) is 0 Å². The molecule has 1 amide bonds. The molecule has 0 aromatic carbocycles. The molecular weight excluding hydrogens is 278 g/mol. The van der Waals surface area contributed by atoms with Crippen molar-refractivity contribution >= 4 is 17.5 Å². The summed E-state index contributed by atoms with van der Waals surface area (Å²) in [5, 5.41) is 0.474. The van der Waals surface area contributed by atoms with Crippen LogP contribution in [0.2, 0.25) is 5.02 Å². The summed E-state index contributed by atoms with van der Waals surface area (Å²) in [6, 6.07) is 8.74. The largest absolute Gasteiger partial charge is 0.470 e. The predicted octanol–water partition coefficient (Wildman–Crippen LogP) is 2.03. The molecule has 0 N–H and O–H groups in total. The van der Waals surface area contributed by atoms with Crippen LogP contribution in [0.3, 0.4) is 0 Å². The second-order valence-electron chi connectivity index (χ2n) is 4.46. The summed E-state index contributed by atoms with van der Waals surface area (Å²) in [6.45, 7) is 1.03. The minimum atomic E-state index is -0.0856. The number of nitrogens with zero attached hydrogens (tertiary/aromatic N) is 3. The van der Waals surface area contributed by atoms with Gasteiger partial charge in [0, 0.05) is 12.4 Å². The number of ether oxygens (including phenoxy) is 1. The van der Waals surface area contributed by atoms with Crippen molar-refractivity contribution in [3.05, 3.63) is 53.4 Å². The maximum absolute atomic E-state index is 12.1. The zero-order valence-corrected chi connectivity index (χ0v) is 11.3. The van der Waals surface area contributed by atoms with Gasteiger partial charge in [-0.2, -0.15) is 0 Å². The fourth-order valence-electron chi connectivity index (χ4n) is 1.95. The topological polar surface area (TPSA) is 55.3 Å². The Morgan fingerprint density at radius 1 is 1.20 bits per heavy atom. The van der Waals surface area contributed by atoms with E-state index in [0.29, 0.717) is 29.7 Å². The van der Waals surface area contributed by atoms with Gasteiger partial charge in [-0.25, -0.2) is 4.98 Å². The van der Waals surface area contributed by atoms with Crippen LogP contribution in [0.25, 0.3) is 0 Å². The van der Waals surface area contributed by atoms with Gasteiger partial charge in [-0.3, -0.25) is 9.78 Å². The number of amides is 1. The summed E-state index contributed by atoms with van der Waals surface area (Å²) >= 11 is 5.97. The molecule has 1 fully saturated rings. The molecule has 1 aliphatic rings. The van der Waals surface area contributed by atoms with Crippen molar-refractivity contribution in [1.82, 2.24) is 14.9 Å². The van der Waals surface area contributed by atoms with Crippen LogP contribution in [0.1, 0.15) is 10.5 Å². The van der Waals surface area contributed by atoms with Crippen molar-refractivity contribution in [3.8, 4) is 5.88 Å². The molecule has 1 saturated heterocycles. The normalized spacial score (nSPS) is 14.8. The lowest BCUT2D eigenvalue weighted by molar-refractivity contribution is 0.0156. The molecule has 2 aromatic rings. The Morgan fingerprint density at radius 3 is 2.70 bits per heavy atom. The SMILES string of the molecule is O=C(c1ccccn1)N1CC(Oc2ncccc2Cl)C1. The third-order valence-corrected chi connectivity index (χ3v) is 3.31. The van der Waals surface area contributed by atoms with Gasteiger partial charge in [0.2, 0.25) is 5.88 Å². The second kappa shape index (κ2) is 5.46. The highest BCUT2D eigenvalue weighted by atomic mass is 35.5. The molecule has 0 aliphatic carbocycles. The third kappa shape index (κ3) is 2.58. The Labute approximate surface area is 121 Å². The zero-order chi connectivity index (χ0) is 13.9. The lowest BCUT2D eigenvalue weighted by Gasteiger charge is -2.38. The molecule has 5 nitrogen and oxygen atoms in total. The van der Waals surface area contributed by atoms with E-state index in [1.165, 1.54) is 0 Å². The van der Waals surface area contributed by atoms with Gasteiger partial charge in [0.15, 0.2) is 0 Å². The number of carbonyl (C=O) groups is 1. The van der Waals surface area contributed by atoms with Gasteiger partial charge in [0.05, 0.1) is 13.1 Å². The first-order valence-corrected chi connectivity index (χ1v) is 6.59. The predicted molar refractivity (Wildman–Crippen MR) is 73.8 cm³/mol. The Bertz CT molecular complexity index is 615. The van der Waals surface area contributed by atoms with Gasteiger partial charge in [0.25, 0.3) is 5.91 Å². The van der Waals surface area contributed by atoms with Gasteiger partial charge in [-0.15, -0.1) is 0 Å². The molecular formula is C14H12ClN3O2. The van der Waals surface area contributed by atoms with Gasteiger partial charge >= 0.3 is 0 Å². The molecule has 3 rings (SSSR count). The van der Waals surface area contributed by atoms with E-state index >= 15 is 0 Å². The summed E-state index contributed by atoms with van der Waals surface area (Å²) in [5.41, 5.74) is 0.446. The maximum Gasteiger partial charge on any atom is 0.272 e. The van der Waals surface area contributed by atoms with Crippen molar-refractivity contribution < 1.29 is 9.53 Å². The molecule has 0 atom stereocenters. The number of pyridine rings is 2. The van der Waals surface area contributed by atoms with Gasteiger partial charge < -0.3 is 9.64 Å². The highest BCUT2D eigenvalue weighted by Gasteiger charge is 2.33. The molecule has 3 heterocycles. The summed E-state index contributed by atoms with van der Waals surface area (Å²) in [5.74, 6) is 0.321. The van der Waals surface area contributed by atoms with E-state index in [1.807, 2.05) is 0 Å². The fourth-order valence-corrected chi connectivity index (χ4v) is 2.11. The van der Waals surface area contributed by atoms with Crippen molar-refractivity contribution in [3.63, 3.8) is 0 Å². The molecule has 0 spiro atoms. The quantitative estimate of drug-likeness (QED) is 0.867. The van der Waals surface area contributed by atoms with E-state index in [0.717, 1.165) is 0 Å². The third-order valence-electron chi connectivity index (χ3n) is 3.02. The minimum absolute atomic E-state index is 0.0740. The zero-order valence-electron chi connectivity index (χ0n) is 10.6. The highest BCUT2D eigenvalue weighted by molar-refractivity contribution is 6.31. The first-order chi connectivity index (χ1) is 9.74.